The minimum atomic E-state index is -0.0484. The van der Waals surface area contributed by atoms with Gasteiger partial charge in [-0.15, -0.1) is 0 Å². The standard InChI is InChI=1S/C16H23NO2/c1-12(17)5-4-7-14(18)11-16-15-8-3-2-6-13(15)9-10-19-16/h2-3,6,8,12,16H,4-5,7,9-11,17H2,1H3. The number of ether oxygens (including phenoxy) is 1. The predicted octanol–water partition coefficient (Wildman–Crippen LogP) is 2.78. The summed E-state index contributed by atoms with van der Waals surface area (Å²) in [6, 6.07) is 8.45. The van der Waals surface area contributed by atoms with Crippen molar-refractivity contribution in [1.82, 2.24) is 0 Å². The van der Waals surface area contributed by atoms with Crippen molar-refractivity contribution in [3.05, 3.63) is 35.4 Å². The molecule has 2 rings (SSSR count). The molecule has 1 aliphatic heterocycles. The molecule has 2 N–H and O–H groups in total. The predicted molar refractivity (Wildman–Crippen MR) is 76.0 cm³/mol. The quantitative estimate of drug-likeness (QED) is 0.856. The molecule has 1 aromatic rings. The Hall–Kier alpha value is -1.19. The van der Waals surface area contributed by atoms with Crippen molar-refractivity contribution in [2.45, 2.75) is 51.2 Å². The number of carbonyl (C=O) groups excluding carboxylic acids is 1. The summed E-state index contributed by atoms with van der Waals surface area (Å²) in [7, 11) is 0. The molecule has 0 fully saturated rings. The third-order valence-corrected chi connectivity index (χ3v) is 3.62. The third-order valence-electron chi connectivity index (χ3n) is 3.62. The van der Waals surface area contributed by atoms with Gasteiger partial charge >= 0.3 is 0 Å². The zero-order valence-electron chi connectivity index (χ0n) is 11.6. The first kappa shape index (κ1) is 14.2. The second-order valence-electron chi connectivity index (χ2n) is 5.42. The molecule has 0 amide bonds. The van der Waals surface area contributed by atoms with Gasteiger partial charge in [0.25, 0.3) is 0 Å². The van der Waals surface area contributed by atoms with Crippen molar-refractivity contribution in [2.24, 2.45) is 5.73 Å². The molecule has 2 atom stereocenters. The van der Waals surface area contributed by atoms with Gasteiger partial charge in [0.15, 0.2) is 0 Å². The molecule has 0 saturated carbocycles. The fourth-order valence-corrected chi connectivity index (χ4v) is 2.58. The molecular weight excluding hydrogens is 238 g/mol. The lowest BCUT2D eigenvalue weighted by atomic mass is 9.93. The van der Waals surface area contributed by atoms with Crippen LogP contribution in [0.3, 0.4) is 0 Å². The van der Waals surface area contributed by atoms with Crippen molar-refractivity contribution in [1.29, 1.82) is 0 Å². The minimum Gasteiger partial charge on any atom is -0.373 e. The van der Waals surface area contributed by atoms with E-state index in [1.54, 1.807) is 0 Å². The largest absolute Gasteiger partial charge is 0.373 e. The molecule has 1 aromatic carbocycles. The summed E-state index contributed by atoms with van der Waals surface area (Å²) in [5.74, 6) is 0.280. The van der Waals surface area contributed by atoms with E-state index in [1.165, 1.54) is 11.1 Å². The fraction of sp³-hybridized carbons (Fsp3) is 0.562. The molecule has 104 valence electrons. The zero-order valence-corrected chi connectivity index (χ0v) is 11.6. The molecule has 2 unspecified atom stereocenters. The smallest absolute Gasteiger partial charge is 0.135 e. The van der Waals surface area contributed by atoms with Crippen LogP contribution in [-0.4, -0.2) is 18.4 Å². The Morgan fingerprint density at radius 2 is 2.26 bits per heavy atom. The fourth-order valence-electron chi connectivity index (χ4n) is 2.58. The van der Waals surface area contributed by atoms with E-state index in [2.05, 4.69) is 12.1 Å². The SMILES string of the molecule is CC(N)CCCC(=O)CC1OCCc2ccccc21. The van der Waals surface area contributed by atoms with E-state index < -0.39 is 0 Å². The Bertz CT molecular complexity index is 429. The molecular formula is C16H23NO2. The number of nitrogens with two attached hydrogens (primary N) is 1. The molecule has 0 radical (unpaired) electrons. The molecule has 19 heavy (non-hydrogen) atoms. The van der Waals surface area contributed by atoms with Gasteiger partial charge in [0, 0.05) is 18.9 Å². The van der Waals surface area contributed by atoms with Gasteiger partial charge in [0.2, 0.25) is 0 Å². The first-order chi connectivity index (χ1) is 9.16. The number of Topliss-reactive ketones (excluding diaryl/α,β-unsaturated/α-hetero) is 1. The normalized spacial score (nSPS) is 19.8. The topological polar surface area (TPSA) is 52.3 Å². The second kappa shape index (κ2) is 6.83. The number of hydrogen-bond acceptors (Lipinski definition) is 3. The molecule has 1 aliphatic rings. The van der Waals surface area contributed by atoms with Crippen molar-refractivity contribution < 1.29 is 9.53 Å². The number of benzene rings is 1. The van der Waals surface area contributed by atoms with Crippen LogP contribution in [0.1, 0.15) is 49.8 Å². The first-order valence-electron chi connectivity index (χ1n) is 7.13. The van der Waals surface area contributed by atoms with Crippen LogP contribution in [-0.2, 0) is 16.0 Å². The van der Waals surface area contributed by atoms with Gasteiger partial charge in [-0.1, -0.05) is 24.3 Å². The average molecular weight is 261 g/mol. The maximum atomic E-state index is 12.0. The molecule has 3 heteroatoms. The molecule has 0 saturated heterocycles. The van der Waals surface area contributed by atoms with Crippen LogP contribution in [0.15, 0.2) is 24.3 Å². The monoisotopic (exact) mass is 261 g/mol. The lowest BCUT2D eigenvalue weighted by molar-refractivity contribution is -0.122. The van der Waals surface area contributed by atoms with Gasteiger partial charge in [-0.05, 0) is 37.3 Å². The number of hydrogen-bond donors (Lipinski definition) is 1. The third kappa shape index (κ3) is 4.15. The zero-order chi connectivity index (χ0) is 13.7. The van der Waals surface area contributed by atoms with Crippen LogP contribution >= 0.6 is 0 Å². The maximum Gasteiger partial charge on any atom is 0.135 e. The van der Waals surface area contributed by atoms with Crippen LogP contribution < -0.4 is 5.73 Å². The highest BCUT2D eigenvalue weighted by atomic mass is 16.5. The van der Waals surface area contributed by atoms with E-state index in [9.17, 15) is 4.79 Å². The van der Waals surface area contributed by atoms with Crippen molar-refractivity contribution in [3.8, 4) is 0 Å². The van der Waals surface area contributed by atoms with Crippen LogP contribution in [0, 0.1) is 0 Å². The number of rotatable bonds is 6. The van der Waals surface area contributed by atoms with Crippen molar-refractivity contribution >= 4 is 5.78 Å². The second-order valence-corrected chi connectivity index (χ2v) is 5.42. The van der Waals surface area contributed by atoms with Crippen molar-refractivity contribution in [2.75, 3.05) is 6.61 Å². The molecule has 0 spiro atoms. The van der Waals surface area contributed by atoms with Crippen LogP contribution in [0.2, 0.25) is 0 Å². The summed E-state index contributed by atoms with van der Waals surface area (Å²) in [5, 5.41) is 0. The summed E-state index contributed by atoms with van der Waals surface area (Å²) >= 11 is 0. The summed E-state index contributed by atoms with van der Waals surface area (Å²) in [6.45, 7) is 2.69. The van der Waals surface area contributed by atoms with Crippen LogP contribution in [0.25, 0.3) is 0 Å². The van der Waals surface area contributed by atoms with Gasteiger partial charge in [-0.25, -0.2) is 0 Å². The van der Waals surface area contributed by atoms with E-state index in [0.29, 0.717) is 12.8 Å². The van der Waals surface area contributed by atoms with Crippen molar-refractivity contribution in [3.63, 3.8) is 0 Å². The highest BCUT2D eigenvalue weighted by Crippen LogP contribution is 2.30. The lowest BCUT2D eigenvalue weighted by Crippen LogP contribution is -2.19. The van der Waals surface area contributed by atoms with Crippen LogP contribution in [0.4, 0.5) is 0 Å². The summed E-state index contributed by atoms with van der Waals surface area (Å²) in [6.07, 6.45) is 3.80. The van der Waals surface area contributed by atoms with Gasteiger partial charge < -0.3 is 10.5 Å². The lowest BCUT2D eigenvalue weighted by Gasteiger charge is -2.25. The molecule has 1 heterocycles. The Balaban J connectivity index is 1.88. The molecule has 0 aliphatic carbocycles. The average Bonchev–Trinajstić information content (AvgIpc) is 2.39. The van der Waals surface area contributed by atoms with Gasteiger partial charge in [0.05, 0.1) is 12.7 Å². The number of fused-ring (bicyclic) bond motifs is 1. The minimum absolute atomic E-state index is 0.0484. The molecule has 0 bridgehead atoms. The summed E-state index contributed by atoms with van der Waals surface area (Å²) in [4.78, 5) is 12.0. The Morgan fingerprint density at radius 3 is 3.05 bits per heavy atom. The summed E-state index contributed by atoms with van der Waals surface area (Å²) in [5.41, 5.74) is 8.20. The number of ketones is 1. The Kier molecular flexibility index (Phi) is 5.11. The van der Waals surface area contributed by atoms with E-state index in [-0.39, 0.29) is 17.9 Å². The first-order valence-corrected chi connectivity index (χ1v) is 7.13. The van der Waals surface area contributed by atoms with Gasteiger partial charge in [0.1, 0.15) is 5.78 Å². The highest BCUT2D eigenvalue weighted by Gasteiger charge is 2.22. The van der Waals surface area contributed by atoms with E-state index in [4.69, 9.17) is 10.5 Å². The van der Waals surface area contributed by atoms with E-state index in [1.807, 2.05) is 19.1 Å². The highest BCUT2D eigenvalue weighted by molar-refractivity contribution is 5.79. The van der Waals surface area contributed by atoms with Gasteiger partial charge in [-0.2, -0.15) is 0 Å². The van der Waals surface area contributed by atoms with Crippen LogP contribution in [0.5, 0.6) is 0 Å². The Morgan fingerprint density at radius 1 is 1.47 bits per heavy atom. The summed E-state index contributed by atoms with van der Waals surface area (Å²) < 4.78 is 5.76. The molecule has 3 nitrogen and oxygen atoms in total. The van der Waals surface area contributed by atoms with E-state index >= 15 is 0 Å². The molecule has 0 aromatic heterocycles. The Labute approximate surface area is 115 Å². The number of carbonyl (C=O) groups is 1. The maximum absolute atomic E-state index is 12.0. The van der Waals surface area contributed by atoms with Gasteiger partial charge in [-0.3, -0.25) is 4.79 Å². The van der Waals surface area contributed by atoms with E-state index in [0.717, 1.165) is 25.9 Å².